The summed E-state index contributed by atoms with van der Waals surface area (Å²) in [5, 5.41) is 8.77. The standard InChI is InChI=1S/C23H31NO4S/c1-16-8-13-22(17(2)14-16)29(27,28)24-15-21-19-11-9-18(10-12-19)20(21)6-4-3-5-7-23(25)26/h4,6,8-9,11,13-14,18-21,24H,3,5,7,10,12,15H2,1-2H3,(H,25,26)/b6-4-. The number of carbonyl (C=O) groups is 1. The number of benzene rings is 1. The first-order valence-corrected chi connectivity index (χ1v) is 11.9. The molecule has 1 aromatic rings. The van der Waals surface area contributed by atoms with E-state index in [-0.39, 0.29) is 12.3 Å². The zero-order valence-corrected chi connectivity index (χ0v) is 18.0. The Kier molecular flexibility index (Phi) is 6.96. The molecule has 0 spiro atoms. The highest BCUT2D eigenvalue weighted by molar-refractivity contribution is 7.89. The van der Waals surface area contributed by atoms with Gasteiger partial charge in [-0.05, 0) is 74.8 Å². The van der Waals surface area contributed by atoms with Gasteiger partial charge in [0.05, 0.1) is 4.90 Å². The van der Waals surface area contributed by atoms with Crippen molar-refractivity contribution in [2.75, 3.05) is 6.54 Å². The summed E-state index contributed by atoms with van der Waals surface area (Å²) in [7, 11) is -3.55. The van der Waals surface area contributed by atoms with E-state index in [2.05, 4.69) is 29.0 Å². The average molecular weight is 418 g/mol. The van der Waals surface area contributed by atoms with Gasteiger partial charge in [-0.1, -0.05) is 42.0 Å². The summed E-state index contributed by atoms with van der Waals surface area (Å²) in [5.74, 6) is 0.582. The number of sulfonamides is 1. The van der Waals surface area contributed by atoms with E-state index in [9.17, 15) is 13.2 Å². The first kappa shape index (κ1) is 21.8. The highest BCUT2D eigenvalue weighted by atomic mass is 32.2. The van der Waals surface area contributed by atoms with Crippen molar-refractivity contribution in [3.05, 3.63) is 53.6 Å². The molecule has 2 bridgehead atoms. The maximum absolute atomic E-state index is 12.9. The number of hydrogen-bond acceptors (Lipinski definition) is 3. The third-order valence-corrected chi connectivity index (χ3v) is 7.81. The third-order valence-electron chi connectivity index (χ3n) is 6.23. The molecular weight excluding hydrogens is 386 g/mol. The topological polar surface area (TPSA) is 83.5 Å². The lowest BCUT2D eigenvalue weighted by Gasteiger charge is -2.44. The number of carboxylic acid groups (broad SMARTS) is 1. The molecule has 6 heteroatoms. The van der Waals surface area contributed by atoms with Crippen LogP contribution in [0.2, 0.25) is 0 Å². The van der Waals surface area contributed by atoms with Gasteiger partial charge >= 0.3 is 5.97 Å². The monoisotopic (exact) mass is 417 g/mol. The predicted octanol–water partition coefficient (Wildman–Crippen LogP) is 4.22. The normalized spacial score (nSPS) is 26.3. The Morgan fingerprint density at radius 3 is 2.59 bits per heavy atom. The minimum atomic E-state index is -3.55. The van der Waals surface area contributed by atoms with Crippen LogP contribution in [0, 0.1) is 37.5 Å². The molecule has 0 aromatic heterocycles. The fraction of sp³-hybridized carbons (Fsp3) is 0.522. The van der Waals surface area contributed by atoms with Crippen LogP contribution in [0.4, 0.5) is 0 Å². The molecule has 5 nitrogen and oxygen atoms in total. The Bertz CT molecular complexity index is 903. The molecule has 0 radical (unpaired) electrons. The van der Waals surface area contributed by atoms with E-state index in [0.29, 0.717) is 35.6 Å². The largest absolute Gasteiger partial charge is 0.481 e. The SMILES string of the molecule is Cc1ccc(S(=O)(=O)NCC2C3C=CC(CC3)C2/C=C\CCCC(=O)O)c(C)c1. The lowest BCUT2D eigenvalue weighted by atomic mass is 9.62. The van der Waals surface area contributed by atoms with Crippen molar-refractivity contribution in [3.63, 3.8) is 0 Å². The highest BCUT2D eigenvalue weighted by Crippen LogP contribution is 2.45. The number of aryl methyl sites for hydroxylation is 2. The molecule has 29 heavy (non-hydrogen) atoms. The molecule has 4 unspecified atom stereocenters. The molecule has 0 saturated heterocycles. The number of unbranched alkanes of at least 4 members (excludes halogenated alkanes) is 1. The molecule has 1 fully saturated rings. The number of allylic oxidation sites excluding steroid dienone is 4. The van der Waals surface area contributed by atoms with Crippen molar-refractivity contribution in [2.24, 2.45) is 23.7 Å². The van der Waals surface area contributed by atoms with Crippen molar-refractivity contribution in [1.82, 2.24) is 4.72 Å². The third kappa shape index (κ3) is 5.37. The Labute approximate surface area is 174 Å². The summed E-state index contributed by atoms with van der Waals surface area (Å²) in [6.45, 7) is 4.20. The molecule has 4 rings (SSSR count). The minimum Gasteiger partial charge on any atom is -0.481 e. The van der Waals surface area contributed by atoms with Gasteiger partial charge in [-0.25, -0.2) is 13.1 Å². The van der Waals surface area contributed by atoms with Crippen LogP contribution in [0.5, 0.6) is 0 Å². The fourth-order valence-electron chi connectivity index (χ4n) is 4.73. The van der Waals surface area contributed by atoms with Gasteiger partial charge in [0.25, 0.3) is 0 Å². The van der Waals surface area contributed by atoms with Gasteiger partial charge < -0.3 is 5.11 Å². The van der Waals surface area contributed by atoms with Crippen LogP contribution >= 0.6 is 0 Å². The van der Waals surface area contributed by atoms with Gasteiger partial charge in [-0.2, -0.15) is 0 Å². The number of fused-ring (bicyclic) bond motifs is 2. The van der Waals surface area contributed by atoms with Crippen molar-refractivity contribution in [1.29, 1.82) is 0 Å². The zero-order chi connectivity index (χ0) is 21.0. The van der Waals surface area contributed by atoms with Gasteiger partial charge in [-0.15, -0.1) is 0 Å². The van der Waals surface area contributed by atoms with Crippen molar-refractivity contribution < 1.29 is 18.3 Å². The van der Waals surface area contributed by atoms with E-state index in [1.165, 1.54) is 0 Å². The molecule has 2 N–H and O–H groups in total. The lowest BCUT2D eigenvalue weighted by molar-refractivity contribution is -0.137. The first-order valence-electron chi connectivity index (χ1n) is 10.4. The number of aliphatic carboxylic acids is 1. The maximum Gasteiger partial charge on any atom is 0.303 e. The van der Waals surface area contributed by atoms with E-state index < -0.39 is 16.0 Å². The molecule has 0 amide bonds. The predicted molar refractivity (Wildman–Crippen MR) is 114 cm³/mol. The van der Waals surface area contributed by atoms with E-state index >= 15 is 0 Å². The van der Waals surface area contributed by atoms with Crippen LogP contribution in [-0.2, 0) is 14.8 Å². The fourth-order valence-corrected chi connectivity index (χ4v) is 6.02. The van der Waals surface area contributed by atoms with Crippen LogP contribution in [0.25, 0.3) is 0 Å². The number of carboxylic acids is 1. The van der Waals surface area contributed by atoms with Gasteiger partial charge in [-0.3, -0.25) is 4.79 Å². The lowest BCUT2D eigenvalue weighted by Crippen LogP contribution is -2.43. The summed E-state index contributed by atoms with van der Waals surface area (Å²) in [6, 6.07) is 5.40. The second-order valence-electron chi connectivity index (χ2n) is 8.37. The van der Waals surface area contributed by atoms with Crippen molar-refractivity contribution >= 4 is 16.0 Å². The van der Waals surface area contributed by atoms with Crippen LogP contribution in [0.1, 0.15) is 43.2 Å². The molecule has 1 aromatic carbocycles. The number of hydrogen-bond donors (Lipinski definition) is 2. The van der Waals surface area contributed by atoms with Gasteiger partial charge in [0.1, 0.15) is 0 Å². The molecule has 0 heterocycles. The summed E-state index contributed by atoms with van der Waals surface area (Å²) < 4.78 is 28.6. The Morgan fingerprint density at radius 1 is 1.21 bits per heavy atom. The Hall–Kier alpha value is -1.92. The Morgan fingerprint density at radius 2 is 1.93 bits per heavy atom. The number of nitrogens with one attached hydrogen (secondary N) is 1. The molecule has 4 atom stereocenters. The van der Waals surface area contributed by atoms with E-state index in [1.54, 1.807) is 6.07 Å². The molecule has 0 aliphatic heterocycles. The summed E-state index contributed by atoms with van der Waals surface area (Å²) >= 11 is 0. The van der Waals surface area contributed by atoms with Gasteiger partial charge in [0.2, 0.25) is 10.0 Å². The second kappa shape index (κ2) is 9.26. The van der Waals surface area contributed by atoms with E-state index in [0.717, 1.165) is 30.4 Å². The van der Waals surface area contributed by atoms with E-state index in [1.807, 2.05) is 26.0 Å². The molecule has 3 aliphatic carbocycles. The summed E-state index contributed by atoms with van der Waals surface area (Å²) in [6.07, 6.45) is 12.6. The van der Waals surface area contributed by atoms with Crippen LogP contribution in [0.15, 0.2) is 47.4 Å². The zero-order valence-electron chi connectivity index (χ0n) is 17.2. The molecule has 1 saturated carbocycles. The van der Waals surface area contributed by atoms with Crippen LogP contribution < -0.4 is 4.72 Å². The minimum absolute atomic E-state index is 0.181. The van der Waals surface area contributed by atoms with Gasteiger partial charge in [0.15, 0.2) is 0 Å². The maximum atomic E-state index is 12.9. The Balaban J connectivity index is 1.68. The van der Waals surface area contributed by atoms with Crippen LogP contribution in [0.3, 0.4) is 0 Å². The van der Waals surface area contributed by atoms with E-state index in [4.69, 9.17) is 5.11 Å². The van der Waals surface area contributed by atoms with Gasteiger partial charge in [0, 0.05) is 13.0 Å². The average Bonchev–Trinajstić information content (AvgIpc) is 2.67. The second-order valence-corrected chi connectivity index (χ2v) is 10.1. The van der Waals surface area contributed by atoms with Crippen LogP contribution in [-0.4, -0.2) is 26.0 Å². The summed E-state index contributed by atoms with van der Waals surface area (Å²) in [4.78, 5) is 11.0. The highest BCUT2D eigenvalue weighted by Gasteiger charge is 2.39. The first-order chi connectivity index (χ1) is 13.8. The van der Waals surface area contributed by atoms with Crippen molar-refractivity contribution in [3.8, 4) is 0 Å². The molecule has 3 aliphatic rings. The number of rotatable bonds is 9. The summed E-state index contributed by atoms with van der Waals surface area (Å²) in [5.41, 5.74) is 1.81. The smallest absolute Gasteiger partial charge is 0.303 e. The van der Waals surface area contributed by atoms with Crippen molar-refractivity contribution in [2.45, 2.75) is 50.8 Å². The quantitative estimate of drug-likeness (QED) is 0.465. The molecule has 158 valence electrons. The molecular formula is C23H31NO4S.